The average molecular weight is 241 g/mol. The second kappa shape index (κ2) is 5.83. The van der Waals surface area contributed by atoms with E-state index in [0.717, 1.165) is 25.6 Å². The molecular formula is C13H27N3O. The number of carbonyl (C=O) groups excluding carboxylic acids is 1. The molecule has 1 aliphatic rings. The van der Waals surface area contributed by atoms with E-state index in [0.29, 0.717) is 0 Å². The van der Waals surface area contributed by atoms with Gasteiger partial charge in [0.05, 0.1) is 5.54 Å². The number of nitrogens with one attached hydrogen (secondary N) is 1. The van der Waals surface area contributed by atoms with Gasteiger partial charge in [0, 0.05) is 18.6 Å². The average Bonchev–Trinajstić information content (AvgIpc) is 3.01. The molecular weight excluding hydrogens is 214 g/mol. The van der Waals surface area contributed by atoms with E-state index in [1.54, 1.807) is 0 Å². The van der Waals surface area contributed by atoms with Crippen LogP contribution in [-0.4, -0.2) is 41.5 Å². The van der Waals surface area contributed by atoms with Gasteiger partial charge in [0.15, 0.2) is 0 Å². The summed E-state index contributed by atoms with van der Waals surface area (Å²) < 4.78 is 0. The summed E-state index contributed by atoms with van der Waals surface area (Å²) in [6.45, 7) is 10.2. The van der Waals surface area contributed by atoms with Crippen LogP contribution in [0.4, 0.5) is 0 Å². The van der Waals surface area contributed by atoms with E-state index in [4.69, 9.17) is 5.73 Å². The normalized spacial score (nSPS) is 19.6. The zero-order valence-corrected chi connectivity index (χ0v) is 11.6. The predicted molar refractivity (Wildman–Crippen MR) is 70.8 cm³/mol. The molecule has 1 atom stereocenters. The number of carbonyl (C=O) groups is 1. The molecule has 0 aromatic carbocycles. The van der Waals surface area contributed by atoms with Crippen LogP contribution >= 0.6 is 0 Å². The standard InChI is InChI=1S/C13H27N3O/c1-5-16(11-6-7-11)9-8-13(4,12(14)17)15-10(2)3/h10-11,15H,5-9H2,1-4H3,(H2,14,17). The second-order valence-electron chi connectivity index (χ2n) is 5.61. The highest BCUT2D eigenvalue weighted by atomic mass is 16.1. The van der Waals surface area contributed by atoms with E-state index in [1.165, 1.54) is 12.8 Å². The van der Waals surface area contributed by atoms with Crippen LogP contribution in [0.2, 0.25) is 0 Å². The van der Waals surface area contributed by atoms with Crippen molar-refractivity contribution in [1.82, 2.24) is 10.2 Å². The lowest BCUT2D eigenvalue weighted by Crippen LogP contribution is -2.56. The molecule has 0 saturated heterocycles. The fourth-order valence-electron chi connectivity index (χ4n) is 2.31. The number of nitrogens with zero attached hydrogens (tertiary/aromatic N) is 1. The van der Waals surface area contributed by atoms with Crippen LogP contribution in [-0.2, 0) is 4.79 Å². The monoisotopic (exact) mass is 241 g/mol. The number of hydrogen-bond acceptors (Lipinski definition) is 3. The van der Waals surface area contributed by atoms with Gasteiger partial charge in [-0.25, -0.2) is 0 Å². The van der Waals surface area contributed by atoms with Crippen molar-refractivity contribution >= 4 is 5.91 Å². The molecule has 0 heterocycles. The minimum absolute atomic E-state index is 0.252. The molecule has 0 aliphatic heterocycles. The van der Waals surface area contributed by atoms with Crippen LogP contribution in [0.5, 0.6) is 0 Å². The summed E-state index contributed by atoms with van der Waals surface area (Å²) in [6.07, 6.45) is 3.39. The Morgan fingerprint density at radius 3 is 2.47 bits per heavy atom. The maximum atomic E-state index is 11.6. The van der Waals surface area contributed by atoms with Crippen molar-refractivity contribution in [2.45, 2.75) is 64.6 Å². The highest BCUT2D eigenvalue weighted by Gasteiger charge is 2.34. The molecule has 4 nitrogen and oxygen atoms in total. The van der Waals surface area contributed by atoms with E-state index >= 15 is 0 Å². The zero-order valence-electron chi connectivity index (χ0n) is 11.6. The zero-order chi connectivity index (χ0) is 13.1. The fourth-order valence-corrected chi connectivity index (χ4v) is 2.31. The molecule has 1 fully saturated rings. The predicted octanol–water partition coefficient (Wildman–Crippen LogP) is 1.10. The molecule has 0 aromatic heterocycles. The highest BCUT2D eigenvalue weighted by Crippen LogP contribution is 2.27. The minimum atomic E-state index is -0.587. The van der Waals surface area contributed by atoms with E-state index in [2.05, 4.69) is 17.1 Å². The smallest absolute Gasteiger partial charge is 0.237 e. The van der Waals surface area contributed by atoms with Gasteiger partial charge in [-0.2, -0.15) is 0 Å². The van der Waals surface area contributed by atoms with Crippen molar-refractivity contribution < 1.29 is 4.79 Å². The molecule has 1 rings (SSSR count). The van der Waals surface area contributed by atoms with Gasteiger partial charge in [0.25, 0.3) is 0 Å². The molecule has 17 heavy (non-hydrogen) atoms. The molecule has 0 radical (unpaired) electrons. The maximum absolute atomic E-state index is 11.6. The molecule has 0 aromatic rings. The Kier molecular flexibility index (Phi) is 4.95. The highest BCUT2D eigenvalue weighted by molar-refractivity contribution is 5.84. The van der Waals surface area contributed by atoms with Gasteiger partial charge in [-0.1, -0.05) is 6.92 Å². The summed E-state index contributed by atoms with van der Waals surface area (Å²) in [5.74, 6) is -0.252. The Morgan fingerprint density at radius 2 is 2.12 bits per heavy atom. The molecule has 0 spiro atoms. The van der Waals surface area contributed by atoms with Gasteiger partial charge < -0.3 is 16.0 Å². The van der Waals surface area contributed by atoms with Crippen molar-refractivity contribution in [3.05, 3.63) is 0 Å². The molecule has 4 heteroatoms. The SMILES string of the molecule is CCN(CCC(C)(NC(C)C)C(N)=O)C1CC1. The number of primary amides is 1. The van der Waals surface area contributed by atoms with Gasteiger partial charge in [-0.15, -0.1) is 0 Å². The molecule has 1 unspecified atom stereocenters. The van der Waals surface area contributed by atoms with Gasteiger partial charge in [-0.3, -0.25) is 4.79 Å². The van der Waals surface area contributed by atoms with E-state index in [-0.39, 0.29) is 11.9 Å². The van der Waals surface area contributed by atoms with Crippen LogP contribution in [0, 0.1) is 0 Å². The van der Waals surface area contributed by atoms with Crippen LogP contribution in [0.3, 0.4) is 0 Å². The van der Waals surface area contributed by atoms with Crippen molar-refractivity contribution in [3.63, 3.8) is 0 Å². The first-order valence-corrected chi connectivity index (χ1v) is 6.70. The summed E-state index contributed by atoms with van der Waals surface area (Å²) >= 11 is 0. The summed E-state index contributed by atoms with van der Waals surface area (Å²) in [5.41, 5.74) is 4.93. The number of amides is 1. The number of nitrogens with two attached hydrogens (primary N) is 1. The lowest BCUT2D eigenvalue weighted by molar-refractivity contribution is -0.124. The third-order valence-corrected chi connectivity index (χ3v) is 3.52. The first kappa shape index (κ1) is 14.5. The Labute approximate surface area is 105 Å². The number of rotatable bonds is 8. The number of hydrogen-bond donors (Lipinski definition) is 2. The van der Waals surface area contributed by atoms with Crippen molar-refractivity contribution in [3.8, 4) is 0 Å². The second-order valence-corrected chi connectivity index (χ2v) is 5.61. The van der Waals surface area contributed by atoms with Gasteiger partial charge in [-0.05, 0) is 46.6 Å². The molecule has 1 aliphatic carbocycles. The van der Waals surface area contributed by atoms with Crippen molar-refractivity contribution in [2.24, 2.45) is 5.73 Å². The van der Waals surface area contributed by atoms with Crippen molar-refractivity contribution in [2.75, 3.05) is 13.1 Å². The lowest BCUT2D eigenvalue weighted by Gasteiger charge is -2.32. The minimum Gasteiger partial charge on any atom is -0.368 e. The Bertz CT molecular complexity index is 263. The van der Waals surface area contributed by atoms with E-state index < -0.39 is 5.54 Å². The summed E-state index contributed by atoms with van der Waals surface area (Å²) in [4.78, 5) is 14.0. The van der Waals surface area contributed by atoms with Gasteiger partial charge >= 0.3 is 0 Å². The van der Waals surface area contributed by atoms with Crippen LogP contribution < -0.4 is 11.1 Å². The molecule has 100 valence electrons. The first-order valence-electron chi connectivity index (χ1n) is 6.70. The largest absolute Gasteiger partial charge is 0.368 e. The van der Waals surface area contributed by atoms with Gasteiger partial charge in [0.2, 0.25) is 5.91 Å². The Balaban J connectivity index is 2.50. The Morgan fingerprint density at radius 1 is 1.53 bits per heavy atom. The third kappa shape index (κ3) is 4.28. The van der Waals surface area contributed by atoms with Crippen LogP contribution in [0.25, 0.3) is 0 Å². The molecule has 1 saturated carbocycles. The Hall–Kier alpha value is -0.610. The summed E-state index contributed by atoms with van der Waals surface area (Å²) in [6, 6.07) is 1.01. The first-order chi connectivity index (χ1) is 7.89. The molecule has 3 N–H and O–H groups in total. The van der Waals surface area contributed by atoms with Crippen molar-refractivity contribution in [1.29, 1.82) is 0 Å². The van der Waals surface area contributed by atoms with Gasteiger partial charge in [0.1, 0.15) is 0 Å². The van der Waals surface area contributed by atoms with Crippen LogP contribution in [0.1, 0.15) is 47.0 Å². The topological polar surface area (TPSA) is 58.4 Å². The summed E-state index contributed by atoms with van der Waals surface area (Å²) in [7, 11) is 0. The fraction of sp³-hybridized carbons (Fsp3) is 0.923. The molecule has 1 amide bonds. The summed E-state index contributed by atoms with van der Waals surface area (Å²) in [5, 5.41) is 3.29. The quantitative estimate of drug-likeness (QED) is 0.669. The third-order valence-electron chi connectivity index (χ3n) is 3.52. The molecule has 0 bridgehead atoms. The lowest BCUT2D eigenvalue weighted by atomic mass is 9.95. The maximum Gasteiger partial charge on any atom is 0.237 e. The van der Waals surface area contributed by atoms with E-state index in [1.807, 2.05) is 20.8 Å². The van der Waals surface area contributed by atoms with Crippen LogP contribution in [0.15, 0.2) is 0 Å². The van der Waals surface area contributed by atoms with E-state index in [9.17, 15) is 4.79 Å².